The van der Waals surface area contributed by atoms with Gasteiger partial charge in [-0.2, -0.15) is 0 Å². The number of halogens is 1. The SMILES string of the molecule is Cc1cc(F)ccc1C(=O)NCC(C(=O)O)C1CCC1. The van der Waals surface area contributed by atoms with Crippen molar-refractivity contribution in [2.24, 2.45) is 11.8 Å². The number of aryl methyl sites for hydroxylation is 1. The van der Waals surface area contributed by atoms with Crippen molar-refractivity contribution in [1.82, 2.24) is 5.32 Å². The van der Waals surface area contributed by atoms with Gasteiger partial charge in [-0.3, -0.25) is 9.59 Å². The van der Waals surface area contributed by atoms with Gasteiger partial charge in [0.05, 0.1) is 5.92 Å². The second-order valence-electron chi connectivity index (χ2n) is 5.30. The summed E-state index contributed by atoms with van der Waals surface area (Å²) in [4.78, 5) is 23.2. The molecule has 4 nitrogen and oxygen atoms in total. The van der Waals surface area contributed by atoms with Crippen LogP contribution in [0.2, 0.25) is 0 Å². The van der Waals surface area contributed by atoms with Crippen LogP contribution in [0.3, 0.4) is 0 Å². The van der Waals surface area contributed by atoms with E-state index in [2.05, 4.69) is 5.32 Å². The van der Waals surface area contributed by atoms with Crippen molar-refractivity contribution in [2.45, 2.75) is 26.2 Å². The predicted molar refractivity (Wildman–Crippen MR) is 71.9 cm³/mol. The standard InChI is InChI=1S/C15H18FNO3/c1-9-7-11(16)5-6-12(9)14(18)17-8-13(15(19)20)10-3-2-4-10/h5-7,10,13H,2-4,8H2,1H3,(H,17,18)(H,19,20). The van der Waals surface area contributed by atoms with Crippen LogP contribution < -0.4 is 5.32 Å². The molecule has 0 aliphatic heterocycles. The van der Waals surface area contributed by atoms with Gasteiger partial charge in [0.15, 0.2) is 0 Å². The number of hydrogen-bond donors (Lipinski definition) is 2. The number of carbonyl (C=O) groups is 2. The normalized spacial score (nSPS) is 16.3. The molecule has 0 bridgehead atoms. The van der Waals surface area contributed by atoms with Crippen molar-refractivity contribution >= 4 is 11.9 Å². The fraction of sp³-hybridized carbons (Fsp3) is 0.467. The lowest BCUT2D eigenvalue weighted by atomic mass is 9.76. The smallest absolute Gasteiger partial charge is 0.308 e. The molecule has 1 atom stereocenters. The molecule has 1 aliphatic carbocycles. The molecule has 5 heteroatoms. The van der Waals surface area contributed by atoms with E-state index >= 15 is 0 Å². The van der Waals surface area contributed by atoms with Crippen LogP contribution in [0, 0.1) is 24.6 Å². The number of hydrogen-bond acceptors (Lipinski definition) is 2. The lowest BCUT2D eigenvalue weighted by Crippen LogP contribution is -2.39. The van der Waals surface area contributed by atoms with Gasteiger partial charge in [-0.05, 0) is 49.4 Å². The van der Waals surface area contributed by atoms with Crippen LogP contribution in [0.5, 0.6) is 0 Å². The van der Waals surface area contributed by atoms with E-state index in [-0.39, 0.29) is 18.4 Å². The van der Waals surface area contributed by atoms with E-state index in [0.717, 1.165) is 19.3 Å². The first-order chi connectivity index (χ1) is 9.49. The average molecular weight is 279 g/mol. The number of amides is 1. The maximum Gasteiger partial charge on any atom is 0.308 e. The number of carboxylic acid groups (broad SMARTS) is 1. The summed E-state index contributed by atoms with van der Waals surface area (Å²) in [5.41, 5.74) is 0.919. The Balaban J connectivity index is 1.98. The molecule has 0 radical (unpaired) electrons. The van der Waals surface area contributed by atoms with E-state index in [0.29, 0.717) is 11.1 Å². The van der Waals surface area contributed by atoms with Gasteiger partial charge in [0.2, 0.25) is 0 Å². The van der Waals surface area contributed by atoms with Crippen molar-refractivity contribution in [3.05, 3.63) is 35.1 Å². The summed E-state index contributed by atoms with van der Waals surface area (Å²) in [5, 5.41) is 11.8. The van der Waals surface area contributed by atoms with Crippen LogP contribution in [0.4, 0.5) is 4.39 Å². The van der Waals surface area contributed by atoms with Crippen molar-refractivity contribution in [3.63, 3.8) is 0 Å². The van der Waals surface area contributed by atoms with Crippen molar-refractivity contribution in [1.29, 1.82) is 0 Å². The molecule has 2 N–H and O–H groups in total. The maximum absolute atomic E-state index is 13.0. The number of carboxylic acids is 1. The summed E-state index contributed by atoms with van der Waals surface area (Å²) < 4.78 is 13.0. The molecule has 1 aliphatic rings. The molecule has 20 heavy (non-hydrogen) atoms. The number of rotatable bonds is 5. The first-order valence-electron chi connectivity index (χ1n) is 6.76. The Labute approximate surface area is 117 Å². The molecule has 0 aromatic heterocycles. The zero-order chi connectivity index (χ0) is 14.7. The van der Waals surface area contributed by atoms with Crippen molar-refractivity contribution < 1.29 is 19.1 Å². The molecule has 0 saturated heterocycles. The monoisotopic (exact) mass is 279 g/mol. The highest BCUT2D eigenvalue weighted by atomic mass is 19.1. The highest BCUT2D eigenvalue weighted by molar-refractivity contribution is 5.95. The van der Waals surface area contributed by atoms with E-state index in [1.54, 1.807) is 6.92 Å². The van der Waals surface area contributed by atoms with Gasteiger partial charge in [0, 0.05) is 12.1 Å². The molecule has 1 unspecified atom stereocenters. The molecule has 1 aromatic rings. The van der Waals surface area contributed by atoms with Crippen LogP contribution in [0.15, 0.2) is 18.2 Å². The average Bonchev–Trinajstić information content (AvgIpc) is 2.31. The Bertz CT molecular complexity index is 526. The molecule has 108 valence electrons. The third-order valence-electron chi connectivity index (χ3n) is 3.95. The van der Waals surface area contributed by atoms with Crippen LogP contribution >= 0.6 is 0 Å². The van der Waals surface area contributed by atoms with Crippen molar-refractivity contribution in [2.75, 3.05) is 6.54 Å². The van der Waals surface area contributed by atoms with Crippen molar-refractivity contribution in [3.8, 4) is 0 Å². The predicted octanol–water partition coefficient (Wildman–Crippen LogP) is 2.36. The minimum absolute atomic E-state index is 0.121. The van der Waals surface area contributed by atoms with E-state index in [1.807, 2.05) is 0 Å². The minimum Gasteiger partial charge on any atom is -0.481 e. The highest BCUT2D eigenvalue weighted by Gasteiger charge is 2.32. The van der Waals surface area contributed by atoms with Gasteiger partial charge >= 0.3 is 5.97 Å². The zero-order valence-electron chi connectivity index (χ0n) is 11.4. The van der Waals surface area contributed by atoms with Gasteiger partial charge < -0.3 is 10.4 Å². The van der Waals surface area contributed by atoms with Gasteiger partial charge in [0.25, 0.3) is 5.91 Å². The van der Waals surface area contributed by atoms with E-state index < -0.39 is 17.7 Å². The molecule has 1 saturated carbocycles. The first kappa shape index (κ1) is 14.5. The lowest BCUT2D eigenvalue weighted by Gasteiger charge is -2.31. The second kappa shape index (κ2) is 6.03. The summed E-state index contributed by atoms with van der Waals surface area (Å²) in [6.07, 6.45) is 2.87. The Hall–Kier alpha value is -1.91. The zero-order valence-corrected chi connectivity index (χ0v) is 11.4. The van der Waals surface area contributed by atoms with Gasteiger partial charge in [-0.25, -0.2) is 4.39 Å². The Morgan fingerprint density at radius 1 is 1.45 bits per heavy atom. The second-order valence-corrected chi connectivity index (χ2v) is 5.30. The molecule has 1 fully saturated rings. The van der Waals surface area contributed by atoms with Gasteiger partial charge in [0.1, 0.15) is 5.82 Å². The molecular formula is C15H18FNO3. The summed E-state index contributed by atoms with van der Waals surface area (Å²) in [6, 6.07) is 3.93. The fourth-order valence-corrected chi connectivity index (χ4v) is 2.48. The van der Waals surface area contributed by atoms with Crippen LogP contribution in [0.25, 0.3) is 0 Å². The number of carbonyl (C=O) groups excluding carboxylic acids is 1. The Morgan fingerprint density at radius 3 is 2.65 bits per heavy atom. The lowest BCUT2D eigenvalue weighted by molar-refractivity contribution is -0.144. The third-order valence-corrected chi connectivity index (χ3v) is 3.95. The topological polar surface area (TPSA) is 66.4 Å². The van der Waals surface area contributed by atoms with E-state index in [4.69, 9.17) is 0 Å². The number of benzene rings is 1. The molecular weight excluding hydrogens is 261 g/mol. The minimum atomic E-state index is -0.870. The van der Waals surface area contributed by atoms with Crippen LogP contribution in [-0.2, 0) is 4.79 Å². The fourth-order valence-electron chi connectivity index (χ4n) is 2.48. The van der Waals surface area contributed by atoms with Crippen LogP contribution in [-0.4, -0.2) is 23.5 Å². The summed E-state index contributed by atoms with van der Waals surface area (Å²) in [6.45, 7) is 1.77. The molecule has 0 heterocycles. The highest BCUT2D eigenvalue weighted by Crippen LogP contribution is 2.33. The third kappa shape index (κ3) is 3.15. The summed E-state index contributed by atoms with van der Waals surface area (Å²) in [7, 11) is 0. The van der Waals surface area contributed by atoms with Gasteiger partial charge in [-0.15, -0.1) is 0 Å². The molecule has 2 rings (SSSR count). The van der Waals surface area contributed by atoms with E-state index in [9.17, 15) is 19.1 Å². The number of nitrogens with one attached hydrogen (secondary N) is 1. The molecule has 0 spiro atoms. The Kier molecular flexibility index (Phi) is 4.37. The molecule has 1 aromatic carbocycles. The molecule has 1 amide bonds. The first-order valence-corrected chi connectivity index (χ1v) is 6.76. The van der Waals surface area contributed by atoms with Gasteiger partial charge in [-0.1, -0.05) is 6.42 Å². The summed E-state index contributed by atoms with van der Waals surface area (Å²) >= 11 is 0. The summed E-state index contributed by atoms with van der Waals surface area (Å²) in [5.74, 6) is -1.99. The largest absolute Gasteiger partial charge is 0.481 e. The van der Waals surface area contributed by atoms with Crippen LogP contribution in [0.1, 0.15) is 35.2 Å². The Morgan fingerprint density at radius 2 is 2.15 bits per heavy atom. The number of aliphatic carboxylic acids is 1. The van der Waals surface area contributed by atoms with E-state index in [1.165, 1.54) is 18.2 Å². The quantitative estimate of drug-likeness (QED) is 0.869. The maximum atomic E-state index is 13.0.